The molecule has 0 radical (unpaired) electrons. The Morgan fingerprint density at radius 2 is 1.93 bits per heavy atom. The van der Waals surface area contributed by atoms with Gasteiger partial charge in [0.2, 0.25) is 5.91 Å². The molecule has 1 heterocycles. The normalized spacial score (nSPS) is 11.1. The largest absolute Gasteiger partial charge is 0.508 e. The van der Waals surface area contributed by atoms with Gasteiger partial charge in [-0.25, -0.2) is 4.79 Å². The molecule has 7 heteroatoms. The van der Waals surface area contributed by atoms with Crippen LogP contribution in [0.3, 0.4) is 0 Å². The lowest BCUT2D eigenvalue weighted by Crippen LogP contribution is -2.33. The van der Waals surface area contributed by atoms with E-state index >= 15 is 0 Å². The second-order valence-electron chi connectivity index (χ2n) is 6.97. The summed E-state index contributed by atoms with van der Waals surface area (Å²) in [6.45, 7) is 5.05. The number of phenols is 1. The predicted molar refractivity (Wildman–Crippen MR) is 116 cm³/mol. The molecule has 1 amide bonds. The van der Waals surface area contributed by atoms with Gasteiger partial charge < -0.3 is 19.6 Å². The van der Waals surface area contributed by atoms with E-state index in [9.17, 15) is 14.7 Å². The number of rotatable bonds is 8. The SMILES string of the molecule is CCc1cc2c(CN(CC)CC(=O)Nc3ccccc3OC)cc(=O)oc2cc1O. The number of nitrogens with one attached hydrogen (secondary N) is 1. The molecule has 2 aromatic carbocycles. The zero-order valence-electron chi connectivity index (χ0n) is 17.4. The van der Waals surface area contributed by atoms with E-state index in [1.807, 2.05) is 36.9 Å². The van der Waals surface area contributed by atoms with Crippen molar-refractivity contribution < 1.29 is 19.1 Å². The van der Waals surface area contributed by atoms with Gasteiger partial charge in [-0.1, -0.05) is 26.0 Å². The van der Waals surface area contributed by atoms with E-state index in [4.69, 9.17) is 9.15 Å². The zero-order valence-corrected chi connectivity index (χ0v) is 17.4. The van der Waals surface area contributed by atoms with Crippen molar-refractivity contribution in [2.45, 2.75) is 26.8 Å². The number of para-hydroxylation sites is 2. The van der Waals surface area contributed by atoms with E-state index in [-0.39, 0.29) is 18.2 Å². The quantitative estimate of drug-likeness (QED) is 0.552. The van der Waals surface area contributed by atoms with Gasteiger partial charge in [-0.05, 0) is 42.3 Å². The molecule has 0 aliphatic rings. The lowest BCUT2D eigenvalue weighted by atomic mass is 10.0. The fourth-order valence-electron chi connectivity index (χ4n) is 3.38. The second kappa shape index (κ2) is 9.45. The molecule has 3 rings (SSSR count). The third kappa shape index (κ3) is 4.80. The first-order chi connectivity index (χ1) is 14.4. The molecule has 0 spiro atoms. The number of fused-ring (bicyclic) bond motifs is 1. The summed E-state index contributed by atoms with van der Waals surface area (Å²) in [6.07, 6.45) is 0.652. The molecule has 0 bridgehead atoms. The van der Waals surface area contributed by atoms with Crippen LogP contribution in [-0.4, -0.2) is 36.1 Å². The average Bonchev–Trinajstić information content (AvgIpc) is 2.73. The summed E-state index contributed by atoms with van der Waals surface area (Å²) in [6, 6.07) is 12.0. The number of ether oxygens (including phenoxy) is 1. The first-order valence-corrected chi connectivity index (χ1v) is 9.89. The van der Waals surface area contributed by atoms with Crippen LogP contribution in [0.5, 0.6) is 11.5 Å². The van der Waals surface area contributed by atoms with Crippen LogP contribution in [0.15, 0.2) is 51.7 Å². The van der Waals surface area contributed by atoms with Crippen LogP contribution in [0.25, 0.3) is 11.0 Å². The summed E-state index contributed by atoms with van der Waals surface area (Å²) in [7, 11) is 1.55. The Kier molecular flexibility index (Phi) is 6.74. The molecule has 0 unspecified atom stereocenters. The summed E-state index contributed by atoms with van der Waals surface area (Å²) in [5, 5.41) is 13.7. The topological polar surface area (TPSA) is 92.0 Å². The van der Waals surface area contributed by atoms with Gasteiger partial charge in [0.25, 0.3) is 0 Å². The minimum Gasteiger partial charge on any atom is -0.508 e. The number of methoxy groups -OCH3 is 1. The Morgan fingerprint density at radius 1 is 1.17 bits per heavy atom. The fourth-order valence-corrected chi connectivity index (χ4v) is 3.38. The van der Waals surface area contributed by atoms with Crippen molar-refractivity contribution in [2.75, 3.05) is 25.5 Å². The minimum atomic E-state index is -0.490. The molecule has 0 aliphatic heterocycles. The van der Waals surface area contributed by atoms with E-state index in [1.165, 1.54) is 12.1 Å². The number of carbonyl (C=O) groups is 1. The van der Waals surface area contributed by atoms with Crippen LogP contribution in [-0.2, 0) is 17.8 Å². The lowest BCUT2D eigenvalue weighted by molar-refractivity contribution is -0.117. The molecule has 0 saturated heterocycles. The average molecular weight is 410 g/mol. The maximum Gasteiger partial charge on any atom is 0.336 e. The molecule has 1 aromatic heterocycles. The van der Waals surface area contributed by atoms with Crippen molar-refractivity contribution in [1.82, 2.24) is 4.90 Å². The van der Waals surface area contributed by atoms with Gasteiger partial charge in [-0.15, -0.1) is 0 Å². The summed E-state index contributed by atoms with van der Waals surface area (Å²) in [5.74, 6) is 0.516. The van der Waals surface area contributed by atoms with Crippen molar-refractivity contribution >= 4 is 22.6 Å². The summed E-state index contributed by atoms with van der Waals surface area (Å²) < 4.78 is 10.5. The molecule has 0 fully saturated rings. The smallest absolute Gasteiger partial charge is 0.336 e. The number of aromatic hydroxyl groups is 1. The van der Waals surface area contributed by atoms with Gasteiger partial charge >= 0.3 is 5.63 Å². The molecular formula is C23H26N2O5. The number of nitrogens with zero attached hydrogens (tertiary/aromatic N) is 1. The van der Waals surface area contributed by atoms with Crippen LogP contribution in [0, 0.1) is 0 Å². The molecular weight excluding hydrogens is 384 g/mol. The maximum absolute atomic E-state index is 12.6. The van der Waals surface area contributed by atoms with Crippen molar-refractivity contribution in [3.05, 3.63) is 64.0 Å². The van der Waals surface area contributed by atoms with Gasteiger partial charge in [0.15, 0.2) is 0 Å². The molecule has 0 aliphatic carbocycles. The van der Waals surface area contributed by atoms with E-state index in [0.717, 1.165) is 16.5 Å². The van der Waals surface area contributed by atoms with Gasteiger partial charge in [0.05, 0.1) is 19.3 Å². The van der Waals surface area contributed by atoms with Gasteiger partial charge in [-0.2, -0.15) is 0 Å². The van der Waals surface area contributed by atoms with Crippen molar-refractivity contribution in [1.29, 1.82) is 0 Å². The number of anilines is 1. The fraction of sp³-hybridized carbons (Fsp3) is 0.304. The van der Waals surface area contributed by atoms with Crippen LogP contribution < -0.4 is 15.7 Å². The van der Waals surface area contributed by atoms with Crippen molar-refractivity contribution in [3.8, 4) is 11.5 Å². The number of hydrogen-bond acceptors (Lipinski definition) is 6. The number of likely N-dealkylation sites (N-methyl/N-ethyl adjacent to an activating group) is 1. The number of carbonyl (C=O) groups excluding carboxylic acids is 1. The molecule has 158 valence electrons. The second-order valence-corrected chi connectivity index (χ2v) is 6.97. The highest BCUT2D eigenvalue weighted by Gasteiger charge is 2.16. The Balaban J connectivity index is 1.82. The molecule has 0 atom stereocenters. The monoisotopic (exact) mass is 410 g/mol. The van der Waals surface area contributed by atoms with E-state index in [1.54, 1.807) is 19.2 Å². The predicted octanol–water partition coefficient (Wildman–Crippen LogP) is 3.53. The molecule has 7 nitrogen and oxygen atoms in total. The van der Waals surface area contributed by atoms with Crippen LogP contribution >= 0.6 is 0 Å². The first-order valence-electron chi connectivity index (χ1n) is 9.89. The maximum atomic E-state index is 12.6. The molecule has 0 saturated carbocycles. The molecule has 3 aromatic rings. The van der Waals surface area contributed by atoms with E-state index < -0.39 is 5.63 Å². The number of aryl methyl sites for hydroxylation is 1. The Hall–Kier alpha value is -3.32. The summed E-state index contributed by atoms with van der Waals surface area (Å²) >= 11 is 0. The number of hydrogen-bond donors (Lipinski definition) is 2. The Bertz CT molecular complexity index is 1110. The highest BCUT2D eigenvalue weighted by atomic mass is 16.5. The number of amides is 1. The van der Waals surface area contributed by atoms with Crippen LogP contribution in [0.1, 0.15) is 25.0 Å². The van der Waals surface area contributed by atoms with E-state index in [0.29, 0.717) is 36.5 Å². The van der Waals surface area contributed by atoms with Crippen molar-refractivity contribution in [2.24, 2.45) is 0 Å². The number of phenolic OH excluding ortho intramolecular Hbond substituents is 1. The third-order valence-electron chi connectivity index (χ3n) is 5.00. The molecule has 2 N–H and O–H groups in total. The first kappa shape index (κ1) is 21.4. The van der Waals surface area contributed by atoms with Crippen LogP contribution in [0.2, 0.25) is 0 Å². The highest BCUT2D eigenvalue weighted by molar-refractivity contribution is 5.93. The van der Waals surface area contributed by atoms with Gasteiger partial charge in [0, 0.05) is 24.1 Å². The van der Waals surface area contributed by atoms with E-state index in [2.05, 4.69) is 5.32 Å². The Morgan fingerprint density at radius 3 is 2.63 bits per heavy atom. The van der Waals surface area contributed by atoms with Crippen LogP contribution in [0.4, 0.5) is 5.69 Å². The Labute approximate surface area is 174 Å². The summed E-state index contributed by atoms with van der Waals surface area (Å²) in [4.78, 5) is 26.5. The zero-order chi connectivity index (χ0) is 21.7. The van der Waals surface area contributed by atoms with Gasteiger partial charge in [-0.3, -0.25) is 9.69 Å². The van der Waals surface area contributed by atoms with Crippen molar-refractivity contribution in [3.63, 3.8) is 0 Å². The van der Waals surface area contributed by atoms with Gasteiger partial charge in [0.1, 0.15) is 17.1 Å². The standard InChI is InChI=1S/C23H26N2O5/c1-4-15-10-17-16(11-23(28)30-21(17)12-19(15)26)13-25(5-2)14-22(27)24-18-8-6-7-9-20(18)29-3/h6-12,26H,4-5,13-14H2,1-3H3,(H,24,27). The third-order valence-corrected chi connectivity index (χ3v) is 5.00. The molecule has 30 heavy (non-hydrogen) atoms. The minimum absolute atomic E-state index is 0.105. The summed E-state index contributed by atoms with van der Waals surface area (Å²) in [5.41, 5.74) is 1.98. The highest BCUT2D eigenvalue weighted by Crippen LogP contribution is 2.28. The lowest BCUT2D eigenvalue weighted by Gasteiger charge is -2.21. The number of benzene rings is 2.